The van der Waals surface area contributed by atoms with Gasteiger partial charge >= 0.3 is 11.9 Å². The number of carbonyl (C=O) groups is 3. The Morgan fingerprint density at radius 1 is 1.38 bits per heavy atom. The van der Waals surface area contributed by atoms with Gasteiger partial charge in [-0.05, 0) is 6.42 Å². The van der Waals surface area contributed by atoms with E-state index in [2.05, 4.69) is 5.32 Å². The lowest BCUT2D eigenvalue weighted by atomic mass is 10.2. The molecule has 1 amide bonds. The molecule has 0 radical (unpaired) electrons. The van der Waals surface area contributed by atoms with Crippen LogP contribution in [0.4, 0.5) is 0 Å². The minimum atomic E-state index is -1.17. The van der Waals surface area contributed by atoms with Gasteiger partial charge in [0.1, 0.15) is 11.3 Å². The monoisotopic (exact) mass is 249 g/mol. The van der Waals surface area contributed by atoms with Crippen molar-refractivity contribution in [3.05, 3.63) is 0 Å². The molecule has 0 aromatic rings. The number of amides is 1. The maximum Gasteiger partial charge on any atom is 0.327 e. The molecule has 0 rings (SSSR count). The van der Waals surface area contributed by atoms with Gasteiger partial charge in [-0.2, -0.15) is 0 Å². The third-order valence-electron chi connectivity index (χ3n) is 1.86. The minimum Gasteiger partial charge on any atom is -0.480 e. The molecule has 0 fully saturated rings. The van der Waals surface area contributed by atoms with E-state index in [0.717, 1.165) is 11.8 Å². The van der Waals surface area contributed by atoms with E-state index in [4.69, 9.17) is 10.2 Å². The average molecular weight is 249 g/mol. The maximum atomic E-state index is 10.8. The molecule has 0 aromatic carbocycles. The molecule has 0 spiro atoms. The van der Waals surface area contributed by atoms with Gasteiger partial charge in [0.05, 0.1) is 0 Å². The summed E-state index contributed by atoms with van der Waals surface area (Å²) in [5.41, 5.74) is 0. The molecule has 2 unspecified atom stereocenters. The molecule has 0 aliphatic carbocycles. The first-order chi connectivity index (χ1) is 7.52. The maximum absolute atomic E-state index is 10.8. The Balaban J connectivity index is 4.19. The fourth-order valence-corrected chi connectivity index (χ4v) is 2.23. The number of hydrogen-bond donors (Lipinski definition) is 3. The van der Waals surface area contributed by atoms with Crippen LogP contribution in [0.2, 0.25) is 0 Å². The van der Waals surface area contributed by atoms with Crippen molar-refractivity contribution in [2.24, 2.45) is 0 Å². The zero-order valence-corrected chi connectivity index (χ0v) is 9.70. The van der Waals surface area contributed by atoms with Crippen LogP contribution in [-0.4, -0.2) is 45.6 Å². The Kier molecular flexibility index (Phi) is 7.36. The molecule has 16 heavy (non-hydrogen) atoms. The smallest absolute Gasteiger partial charge is 0.327 e. The number of carboxylic acid groups (broad SMARTS) is 2. The Morgan fingerprint density at radius 3 is 2.38 bits per heavy atom. The van der Waals surface area contributed by atoms with Crippen LogP contribution < -0.4 is 5.32 Å². The van der Waals surface area contributed by atoms with Crippen molar-refractivity contribution in [1.29, 1.82) is 0 Å². The van der Waals surface area contributed by atoms with E-state index in [1.807, 2.05) is 6.92 Å². The highest BCUT2D eigenvalue weighted by molar-refractivity contribution is 8.00. The Bertz CT molecular complexity index is 258. The van der Waals surface area contributed by atoms with Crippen molar-refractivity contribution >= 4 is 30.1 Å². The molecule has 0 aliphatic heterocycles. The highest BCUT2D eigenvalue weighted by Crippen LogP contribution is 2.17. The fourth-order valence-electron chi connectivity index (χ4n) is 1.03. The Morgan fingerprint density at radius 2 is 2.00 bits per heavy atom. The van der Waals surface area contributed by atoms with Gasteiger partial charge in [-0.15, -0.1) is 11.8 Å². The van der Waals surface area contributed by atoms with E-state index < -0.39 is 23.2 Å². The summed E-state index contributed by atoms with van der Waals surface area (Å²) in [5, 5.41) is 19.0. The standard InChI is InChI=1S/C9H15NO5S/c1-2-3-7(9(14)15)16-4-6(8(12)13)10-5-11/h5-7H,2-4H2,1H3,(H,10,11)(H,12,13)(H,14,15). The first-order valence-corrected chi connectivity index (χ1v) is 5.84. The van der Waals surface area contributed by atoms with Crippen molar-refractivity contribution in [3.63, 3.8) is 0 Å². The van der Waals surface area contributed by atoms with Gasteiger partial charge in [0, 0.05) is 5.75 Å². The second-order valence-corrected chi connectivity index (χ2v) is 4.36. The van der Waals surface area contributed by atoms with E-state index in [9.17, 15) is 14.4 Å². The molecule has 3 N–H and O–H groups in total. The summed E-state index contributed by atoms with van der Waals surface area (Å²) >= 11 is 1.03. The van der Waals surface area contributed by atoms with Crippen LogP contribution in [-0.2, 0) is 14.4 Å². The highest BCUT2D eigenvalue weighted by atomic mass is 32.2. The molecule has 0 aromatic heterocycles. The second kappa shape index (κ2) is 7.98. The van der Waals surface area contributed by atoms with E-state index in [0.29, 0.717) is 19.3 Å². The largest absolute Gasteiger partial charge is 0.480 e. The van der Waals surface area contributed by atoms with E-state index in [1.54, 1.807) is 0 Å². The van der Waals surface area contributed by atoms with Gasteiger partial charge in [-0.3, -0.25) is 9.59 Å². The van der Waals surface area contributed by atoms with Crippen molar-refractivity contribution in [3.8, 4) is 0 Å². The molecule has 0 saturated heterocycles. The van der Waals surface area contributed by atoms with Gasteiger partial charge in [0.25, 0.3) is 0 Å². The minimum absolute atomic E-state index is 0.0467. The van der Waals surface area contributed by atoms with Gasteiger partial charge in [-0.1, -0.05) is 13.3 Å². The molecule has 0 bridgehead atoms. The number of carboxylic acids is 2. The lowest BCUT2D eigenvalue weighted by molar-refractivity contribution is -0.140. The molecule has 6 nitrogen and oxygen atoms in total. The van der Waals surface area contributed by atoms with Crippen LogP contribution in [0.5, 0.6) is 0 Å². The third kappa shape index (κ3) is 5.59. The zero-order valence-electron chi connectivity index (χ0n) is 8.88. The summed E-state index contributed by atoms with van der Waals surface area (Å²) < 4.78 is 0. The summed E-state index contributed by atoms with van der Waals surface area (Å²) in [5.74, 6) is -2.08. The Hall–Kier alpha value is -1.24. The van der Waals surface area contributed by atoms with Crippen LogP contribution in [0.15, 0.2) is 0 Å². The lowest BCUT2D eigenvalue weighted by Gasteiger charge is -2.14. The molecular formula is C9H15NO5S. The van der Waals surface area contributed by atoms with E-state index >= 15 is 0 Å². The van der Waals surface area contributed by atoms with Crippen LogP contribution in [0.25, 0.3) is 0 Å². The SMILES string of the molecule is CCCC(SCC(NC=O)C(=O)O)C(=O)O. The van der Waals surface area contributed by atoms with Gasteiger partial charge in [-0.25, -0.2) is 4.79 Å². The molecule has 7 heteroatoms. The number of aliphatic carboxylic acids is 2. The summed E-state index contributed by atoms with van der Waals surface area (Å²) in [7, 11) is 0. The highest BCUT2D eigenvalue weighted by Gasteiger charge is 2.22. The Labute approximate surface area is 97.4 Å². The number of thioether (sulfide) groups is 1. The molecule has 92 valence electrons. The zero-order chi connectivity index (χ0) is 12.6. The second-order valence-electron chi connectivity index (χ2n) is 3.12. The summed E-state index contributed by atoms with van der Waals surface area (Å²) in [6, 6.07) is -1.04. The predicted octanol–water partition coefficient (Wildman–Crippen LogP) is 0.172. The third-order valence-corrected chi connectivity index (χ3v) is 3.22. The van der Waals surface area contributed by atoms with Gasteiger partial charge < -0.3 is 15.5 Å². The summed E-state index contributed by atoms with van der Waals surface area (Å²) in [6.07, 6.45) is 1.49. The first-order valence-electron chi connectivity index (χ1n) is 4.79. The molecule has 2 atom stereocenters. The summed E-state index contributed by atoms with van der Waals surface area (Å²) in [6.45, 7) is 1.86. The van der Waals surface area contributed by atoms with Crippen molar-refractivity contribution in [1.82, 2.24) is 5.32 Å². The van der Waals surface area contributed by atoms with Crippen molar-refractivity contribution in [2.45, 2.75) is 31.1 Å². The van der Waals surface area contributed by atoms with Crippen LogP contribution >= 0.6 is 11.8 Å². The van der Waals surface area contributed by atoms with Crippen molar-refractivity contribution in [2.75, 3.05) is 5.75 Å². The number of rotatable bonds is 9. The van der Waals surface area contributed by atoms with Crippen LogP contribution in [0.3, 0.4) is 0 Å². The van der Waals surface area contributed by atoms with Gasteiger partial charge in [0.15, 0.2) is 0 Å². The molecule has 0 heterocycles. The quantitative estimate of drug-likeness (QED) is 0.503. The van der Waals surface area contributed by atoms with Crippen LogP contribution in [0, 0.1) is 0 Å². The average Bonchev–Trinajstić information content (AvgIpc) is 2.21. The topological polar surface area (TPSA) is 104 Å². The molecule has 0 saturated carbocycles. The molecular weight excluding hydrogens is 234 g/mol. The number of hydrogen-bond acceptors (Lipinski definition) is 4. The number of nitrogens with one attached hydrogen (secondary N) is 1. The van der Waals surface area contributed by atoms with Gasteiger partial charge in [0.2, 0.25) is 6.41 Å². The van der Waals surface area contributed by atoms with Crippen molar-refractivity contribution < 1.29 is 24.6 Å². The first kappa shape index (κ1) is 14.8. The van der Waals surface area contributed by atoms with E-state index in [1.165, 1.54) is 0 Å². The van der Waals surface area contributed by atoms with E-state index in [-0.39, 0.29) is 5.75 Å². The lowest BCUT2D eigenvalue weighted by Crippen LogP contribution is -2.38. The summed E-state index contributed by atoms with van der Waals surface area (Å²) in [4.78, 5) is 31.5. The normalized spacial score (nSPS) is 13.8. The van der Waals surface area contributed by atoms with Crippen LogP contribution in [0.1, 0.15) is 19.8 Å². The number of carbonyl (C=O) groups excluding carboxylic acids is 1. The molecule has 0 aliphatic rings. The predicted molar refractivity (Wildman–Crippen MR) is 59.4 cm³/mol. The fraction of sp³-hybridized carbons (Fsp3) is 0.667.